The second-order valence-corrected chi connectivity index (χ2v) is 6.17. The van der Waals surface area contributed by atoms with Crippen molar-refractivity contribution in [1.29, 1.82) is 0 Å². The number of nitrogens with one attached hydrogen (secondary N) is 1. The molecule has 0 radical (unpaired) electrons. The van der Waals surface area contributed by atoms with Crippen molar-refractivity contribution in [1.82, 2.24) is 0 Å². The molecule has 1 saturated heterocycles. The number of nitro groups is 1. The van der Waals surface area contributed by atoms with Crippen LogP contribution in [0.4, 0.5) is 11.4 Å². The van der Waals surface area contributed by atoms with Crippen LogP contribution in [0.5, 0.6) is 0 Å². The molecule has 0 spiro atoms. The largest absolute Gasteiger partial charge is 0.379 e. The zero-order valence-corrected chi connectivity index (χ0v) is 11.8. The van der Waals surface area contributed by atoms with Crippen molar-refractivity contribution in [2.45, 2.75) is 51.4 Å². The van der Waals surface area contributed by atoms with Crippen molar-refractivity contribution in [2.75, 3.05) is 5.32 Å². The Morgan fingerprint density at radius 3 is 2.58 bits per heavy atom. The van der Waals surface area contributed by atoms with Crippen LogP contribution in [0, 0.1) is 10.1 Å². The Morgan fingerprint density at radius 2 is 2.05 bits per heavy atom. The van der Waals surface area contributed by atoms with Crippen molar-refractivity contribution >= 4 is 11.4 Å². The van der Waals surface area contributed by atoms with Gasteiger partial charge in [-0.3, -0.25) is 10.1 Å². The standard InChI is InChI=1S/C14H20N2O3/c1-13(2)9-12(14(3,4)19-13)15-10-6-5-7-11(8-10)16(17)18/h5-8,12,15H,9H2,1-4H3. The van der Waals surface area contributed by atoms with E-state index in [0.717, 1.165) is 12.1 Å². The second-order valence-electron chi connectivity index (χ2n) is 6.17. The lowest BCUT2D eigenvalue weighted by Crippen LogP contribution is -2.38. The molecule has 0 aromatic heterocycles. The third-order valence-electron chi connectivity index (χ3n) is 3.47. The van der Waals surface area contributed by atoms with Crippen LogP contribution in [0.3, 0.4) is 0 Å². The quantitative estimate of drug-likeness (QED) is 0.671. The maximum atomic E-state index is 10.8. The summed E-state index contributed by atoms with van der Waals surface area (Å²) in [5.41, 5.74) is 0.380. The molecule has 19 heavy (non-hydrogen) atoms. The van der Waals surface area contributed by atoms with Gasteiger partial charge in [-0.15, -0.1) is 0 Å². The second kappa shape index (κ2) is 4.49. The Kier molecular flexibility index (Phi) is 3.26. The lowest BCUT2D eigenvalue weighted by molar-refractivity contribution is -0.384. The van der Waals surface area contributed by atoms with Gasteiger partial charge >= 0.3 is 0 Å². The average Bonchev–Trinajstić information content (AvgIpc) is 2.47. The maximum Gasteiger partial charge on any atom is 0.271 e. The van der Waals surface area contributed by atoms with Crippen LogP contribution in [0.2, 0.25) is 0 Å². The van der Waals surface area contributed by atoms with Crippen molar-refractivity contribution in [3.05, 3.63) is 34.4 Å². The molecular weight excluding hydrogens is 244 g/mol. The van der Waals surface area contributed by atoms with E-state index >= 15 is 0 Å². The van der Waals surface area contributed by atoms with E-state index in [0.29, 0.717) is 0 Å². The highest BCUT2D eigenvalue weighted by Gasteiger charge is 2.45. The van der Waals surface area contributed by atoms with Crippen molar-refractivity contribution < 1.29 is 9.66 Å². The number of ether oxygens (including phenoxy) is 1. The van der Waals surface area contributed by atoms with Gasteiger partial charge in [0.25, 0.3) is 5.69 Å². The van der Waals surface area contributed by atoms with Gasteiger partial charge in [0.2, 0.25) is 0 Å². The summed E-state index contributed by atoms with van der Waals surface area (Å²) in [4.78, 5) is 10.4. The van der Waals surface area contributed by atoms with Gasteiger partial charge in [0, 0.05) is 17.8 Å². The highest BCUT2D eigenvalue weighted by Crippen LogP contribution is 2.39. The molecule has 0 bridgehead atoms. The number of benzene rings is 1. The van der Waals surface area contributed by atoms with Crippen LogP contribution in [0.25, 0.3) is 0 Å². The molecule has 1 atom stereocenters. The van der Waals surface area contributed by atoms with E-state index < -0.39 is 0 Å². The molecule has 1 heterocycles. The first kappa shape index (κ1) is 13.8. The summed E-state index contributed by atoms with van der Waals surface area (Å²) in [6.07, 6.45) is 0.864. The number of hydrogen-bond donors (Lipinski definition) is 1. The molecule has 0 aliphatic carbocycles. The van der Waals surface area contributed by atoms with Crippen LogP contribution >= 0.6 is 0 Å². The van der Waals surface area contributed by atoms with Gasteiger partial charge in [-0.25, -0.2) is 0 Å². The molecule has 1 aliphatic heterocycles. The summed E-state index contributed by atoms with van der Waals surface area (Å²) in [5.74, 6) is 0. The number of hydrogen-bond acceptors (Lipinski definition) is 4. The Hall–Kier alpha value is -1.62. The summed E-state index contributed by atoms with van der Waals surface area (Å²) >= 11 is 0. The highest BCUT2D eigenvalue weighted by molar-refractivity contribution is 5.52. The monoisotopic (exact) mass is 264 g/mol. The Morgan fingerprint density at radius 1 is 1.37 bits per heavy atom. The summed E-state index contributed by atoms with van der Waals surface area (Å²) < 4.78 is 6.00. The molecular formula is C14H20N2O3. The van der Waals surface area contributed by atoms with Crippen LogP contribution in [0.1, 0.15) is 34.1 Å². The summed E-state index contributed by atoms with van der Waals surface area (Å²) in [5, 5.41) is 14.1. The summed E-state index contributed by atoms with van der Waals surface area (Å²) in [6, 6.07) is 6.71. The Labute approximate surface area is 113 Å². The molecule has 1 unspecified atom stereocenters. The van der Waals surface area contributed by atoms with E-state index in [1.54, 1.807) is 12.1 Å². The number of non-ortho nitro benzene ring substituents is 1. The van der Waals surface area contributed by atoms with Gasteiger partial charge in [0.1, 0.15) is 0 Å². The number of nitro benzene ring substituents is 1. The van der Waals surface area contributed by atoms with Crippen molar-refractivity contribution in [2.24, 2.45) is 0 Å². The molecule has 1 aromatic rings. The van der Waals surface area contributed by atoms with Crippen LogP contribution in [-0.2, 0) is 4.74 Å². The molecule has 5 nitrogen and oxygen atoms in total. The van der Waals surface area contributed by atoms with E-state index in [-0.39, 0.29) is 27.9 Å². The first-order valence-electron chi connectivity index (χ1n) is 6.41. The van der Waals surface area contributed by atoms with E-state index in [1.807, 2.05) is 19.9 Å². The predicted molar refractivity (Wildman–Crippen MR) is 74.4 cm³/mol. The smallest absolute Gasteiger partial charge is 0.271 e. The SMILES string of the molecule is CC1(C)CC(Nc2cccc([N+](=O)[O-])c2)C(C)(C)O1. The van der Waals surface area contributed by atoms with Crippen LogP contribution in [-0.4, -0.2) is 22.2 Å². The fourth-order valence-electron chi connectivity index (χ4n) is 2.70. The van der Waals surface area contributed by atoms with E-state index in [1.165, 1.54) is 6.07 Å². The van der Waals surface area contributed by atoms with Crippen LogP contribution in [0.15, 0.2) is 24.3 Å². The number of anilines is 1. The van der Waals surface area contributed by atoms with E-state index in [2.05, 4.69) is 19.2 Å². The van der Waals surface area contributed by atoms with Gasteiger partial charge < -0.3 is 10.1 Å². The fraction of sp³-hybridized carbons (Fsp3) is 0.571. The molecule has 1 aliphatic rings. The van der Waals surface area contributed by atoms with Crippen molar-refractivity contribution in [3.63, 3.8) is 0 Å². The molecule has 2 rings (SSSR count). The summed E-state index contributed by atoms with van der Waals surface area (Å²) in [7, 11) is 0. The fourth-order valence-corrected chi connectivity index (χ4v) is 2.70. The molecule has 1 N–H and O–H groups in total. The molecule has 5 heteroatoms. The minimum atomic E-state index is -0.384. The van der Waals surface area contributed by atoms with E-state index in [9.17, 15) is 10.1 Å². The lowest BCUT2D eigenvalue weighted by atomic mass is 9.94. The topological polar surface area (TPSA) is 64.4 Å². The number of rotatable bonds is 3. The third kappa shape index (κ3) is 3.04. The minimum Gasteiger partial charge on any atom is -0.379 e. The molecule has 0 saturated carbocycles. The maximum absolute atomic E-state index is 10.8. The molecule has 1 fully saturated rings. The zero-order chi connectivity index (χ0) is 14.3. The third-order valence-corrected chi connectivity index (χ3v) is 3.47. The zero-order valence-electron chi connectivity index (χ0n) is 11.8. The predicted octanol–water partition coefficient (Wildman–Crippen LogP) is 3.35. The molecule has 104 valence electrons. The normalized spacial score (nSPS) is 24.1. The van der Waals surface area contributed by atoms with Gasteiger partial charge in [0.15, 0.2) is 0 Å². The number of nitrogens with zero attached hydrogens (tertiary/aromatic N) is 1. The van der Waals surface area contributed by atoms with Gasteiger partial charge in [-0.1, -0.05) is 6.07 Å². The Balaban J connectivity index is 2.17. The first-order valence-corrected chi connectivity index (χ1v) is 6.41. The van der Waals surface area contributed by atoms with Crippen molar-refractivity contribution in [3.8, 4) is 0 Å². The van der Waals surface area contributed by atoms with Gasteiger partial charge in [-0.05, 0) is 40.2 Å². The average molecular weight is 264 g/mol. The van der Waals surface area contributed by atoms with Gasteiger partial charge in [0.05, 0.1) is 22.2 Å². The Bertz CT molecular complexity index is 497. The van der Waals surface area contributed by atoms with E-state index in [4.69, 9.17) is 4.74 Å². The van der Waals surface area contributed by atoms with Gasteiger partial charge in [-0.2, -0.15) is 0 Å². The molecule has 1 aromatic carbocycles. The lowest BCUT2D eigenvalue weighted by Gasteiger charge is -2.28. The first-order chi connectivity index (χ1) is 8.70. The summed E-state index contributed by atoms with van der Waals surface area (Å²) in [6.45, 7) is 8.20. The molecule has 0 amide bonds. The minimum absolute atomic E-state index is 0.0981. The van der Waals surface area contributed by atoms with Crippen LogP contribution < -0.4 is 5.32 Å². The highest BCUT2D eigenvalue weighted by atomic mass is 16.6.